The third kappa shape index (κ3) is 5.24. The number of rotatable bonds is 6. The van der Waals surface area contributed by atoms with Crippen LogP contribution in [-0.4, -0.2) is 60.9 Å². The van der Waals surface area contributed by atoms with Crippen LogP contribution in [0.15, 0.2) is 0 Å². The summed E-state index contributed by atoms with van der Waals surface area (Å²) in [5, 5.41) is 3.39. The van der Waals surface area contributed by atoms with Gasteiger partial charge in [-0.3, -0.25) is 9.69 Å². The van der Waals surface area contributed by atoms with Crippen LogP contribution in [0.2, 0.25) is 0 Å². The Balaban J connectivity index is 1.88. The van der Waals surface area contributed by atoms with Gasteiger partial charge in [0.15, 0.2) is 0 Å². The average Bonchev–Trinajstić information content (AvgIpc) is 3.13. The normalized spacial score (nSPS) is 26.3. The number of nitrogens with zero attached hydrogens (tertiary/aromatic N) is 1. The molecule has 1 saturated carbocycles. The SMILES string of the molecule is COC(=O)C(CCN1CC(C)(C)OC(C)(C)C1)NC1CC1. The van der Waals surface area contributed by atoms with E-state index in [2.05, 4.69) is 37.9 Å². The minimum atomic E-state index is -0.184. The Morgan fingerprint density at radius 2 is 1.86 bits per heavy atom. The maximum atomic E-state index is 11.9. The molecule has 0 bridgehead atoms. The van der Waals surface area contributed by atoms with E-state index in [-0.39, 0.29) is 23.2 Å². The number of carbonyl (C=O) groups is 1. The first kappa shape index (κ1) is 16.7. The molecule has 1 aliphatic heterocycles. The highest BCUT2D eigenvalue weighted by molar-refractivity contribution is 5.75. The molecule has 2 aliphatic rings. The van der Waals surface area contributed by atoms with Crippen molar-refractivity contribution in [3.8, 4) is 0 Å². The summed E-state index contributed by atoms with van der Waals surface area (Å²) in [6.45, 7) is 11.2. The number of methoxy groups -OCH3 is 1. The van der Waals surface area contributed by atoms with Crippen molar-refractivity contribution in [2.24, 2.45) is 0 Å². The van der Waals surface area contributed by atoms with Crippen molar-refractivity contribution in [2.45, 2.75) is 70.2 Å². The van der Waals surface area contributed by atoms with Crippen LogP contribution in [0.1, 0.15) is 47.0 Å². The average molecular weight is 298 g/mol. The Hall–Kier alpha value is -0.650. The molecule has 0 amide bonds. The molecule has 122 valence electrons. The second kappa shape index (κ2) is 6.23. The molecule has 1 N–H and O–H groups in total. The molecule has 1 heterocycles. The van der Waals surface area contributed by atoms with E-state index in [0.717, 1.165) is 26.1 Å². The number of hydrogen-bond donors (Lipinski definition) is 1. The predicted molar refractivity (Wildman–Crippen MR) is 82.3 cm³/mol. The summed E-state index contributed by atoms with van der Waals surface area (Å²) in [6, 6.07) is 0.322. The van der Waals surface area contributed by atoms with Gasteiger partial charge < -0.3 is 14.8 Å². The van der Waals surface area contributed by atoms with Crippen LogP contribution in [-0.2, 0) is 14.3 Å². The van der Waals surface area contributed by atoms with Gasteiger partial charge in [-0.05, 0) is 47.0 Å². The molecule has 1 atom stereocenters. The van der Waals surface area contributed by atoms with Crippen LogP contribution in [0.3, 0.4) is 0 Å². The molecule has 1 aliphatic carbocycles. The van der Waals surface area contributed by atoms with Gasteiger partial charge in [0, 0.05) is 25.7 Å². The molecule has 1 saturated heterocycles. The number of nitrogens with one attached hydrogen (secondary N) is 1. The molecule has 5 nitrogen and oxygen atoms in total. The van der Waals surface area contributed by atoms with Crippen molar-refractivity contribution in [3.05, 3.63) is 0 Å². The van der Waals surface area contributed by atoms with Crippen molar-refractivity contribution in [2.75, 3.05) is 26.7 Å². The van der Waals surface area contributed by atoms with E-state index in [4.69, 9.17) is 9.47 Å². The van der Waals surface area contributed by atoms with Crippen molar-refractivity contribution >= 4 is 5.97 Å². The lowest BCUT2D eigenvalue weighted by atomic mass is 9.98. The van der Waals surface area contributed by atoms with Gasteiger partial charge >= 0.3 is 5.97 Å². The van der Waals surface area contributed by atoms with Gasteiger partial charge in [0.2, 0.25) is 0 Å². The lowest BCUT2D eigenvalue weighted by molar-refractivity contribution is -0.180. The molecule has 5 heteroatoms. The third-order valence-electron chi connectivity index (χ3n) is 4.00. The molecule has 2 rings (SSSR count). The molecule has 1 unspecified atom stereocenters. The first-order valence-corrected chi connectivity index (χ1v) is 7.97. The monoisotopic (exact) mass is 298 g/mol. The van der Waals surface area contributed by atoms with Crippen LogP contribution >= 0.6 is 0 Å². The number of carbonyl (C=O) groups excluding carboxylic acids is 1. The van der Waals surface area contributed by atoms with Gasteiger partial charge in [-0.15, -0.1) is 0 Å². The highest BCUT2D eigenvalue weighted by Crippen LogP contribution is 2.28. The summed E-state index contributed by atoms with van der Waals surface area (Å²) >= 11 is 0. The van der Waals surface area contributed by atoms with Crippen molar-refractivity contribution < 1.29 is 14.3 Å². The van der Waals surface area contributed by atoms with Gasteiger partial charge in [0.25, 0.3) is 0 Å². The highest BCUT2D eigenvalue weighted by atomic mass is 16.5. The fourth-order valence-electron chi connectivity index (χ4n) is 3.36. The summed E-state index contributed by atoms with van der Waals surface area (Å²) in [6.07, 6.45) is 3.13. The highest BCUT2D eigenvalue weighted by Gasteiger charge is 2.38. The fourth-order valence-corrected chi connectivity index (χ4v) is 3.36. The van der Waals surface area contributed by atoms with Gasteiger partial charge in [-0.25, -0.2) is 0 Å². The van der Waals surface area contributed by atoms with Crippen molar-refractivity contribution in [1.82, 2.24) is 10.2 Å². The van der Waals surface area contributed by atoms with Gasteiger partial charge in [0.1, 0.15) is 6.04 Å². The summed E-state index contributed by atoms with van der Waals surface area (Å²) in [4.78, 5) is 14.3. The molecule has 0 aromatic carbocycles. The van der Waals surface area contributed by atoms with E-state index >= 15 is 0 Å². The number of morpholine rings is 1. The molecule has 0 aromatic rings. The number of esters is 1. The minimum Gasteiger partial charge on any atom is -0.468 e. The van der Waals surface area contributed by atoms with E-state index in [1.807, 2.05) is 0 Å². The molecule has 0 aromatic heterocycles. The predicted octanol–water partition coefficient (Wildman–Crippen LogP) is 1.56. The van der Waals surface area contributed by atoms with E-state index in [1.165, 1.54) is 20.0 Å². The Morgan fingerprint density at radius 1 is 1.29 bits per heavy atom. The van der Waals surface area contributed by atoms with E-state index < -0.39 is 0 Å². The van der Waals surface area contributed by atoms with E-state index in [9.17, 15) is 4.79 Å². The van der Waals surface area contributed by atoms with Crippen LogP contribution in [0.25, 0.3) is 0 Å². The molecular formula is C16H30N2O3. The minimum absolute atomic E-state index is 0.145. The second-order valence-corrected chi connectivity index (χ2v) is 7.64. The van der Waals surface area contributed by atoms with Crippen molar-refractivity contribution in [1.29, 1.82) is 0 Å². The molecule has 2 fully saturated rings. The Kier molecular flexibility index (Phi) is 4.96. The van der Waals surface area contributed by atoms with Gasteiger partial charge in [-0.1, -0.05) is 0 Å². The zero-order valence-corrected chi connectivity index (χ0v) is 14.1. The Labute approximate surface area is 128 Å². The first-order chi connectivity index (χ1) is 9.71. The number of hydrogen-bond acceptors (Lipinski definition) is 5. The summed E-state index contributed by atoms with van der Waals surface area (Å²) < 4.78 is 11.0. The van der Waals surface area contributed by atoms with Crippen LogP contribution in [0, 0.1) is 0 Å². The molecule has 0 spiro atoms. The van der Waals surface area contributed by atoms with Crippen LogP contribution in [0.4, 0.5) is 0 Å². The van der Waals surface area contributed by atoms with Crippen LogP contribution < -0.4 is 5.32 Å². The fraction of sp³-hybridized carbons (Fsp3) is 0.938. The maximum Gasteiger partial charge on any atom is 0.322 e. The maximum absolute atomic E-state index is 11.9. The van der Waals surface area contributed by atoms with E-state index in [0.29, 0.717) is 6.04 Å². The third-order valence-corrected chi connectivity index (χ3v) is 4.00. The van der Waals surface area contributed by atoms with Gasteiger partial charge in [0.05, 0.1) is 18.3 Å². The molecule has 0 radical (unpaired) electrons. The van der Waals surface area contributed by atoms with Gasteiger partial charge in [-0.2, -0.15) is 0 Å². The molecule has 21 heavy (non-hydrogen) atoms. The molecular weight excluding hydrogens is 268 g/mol. The summed E-state index contributed by atoms with van der Waals surface area (Å²) in [7, 11) is 1.46. The van der Waals surface area contributed by atoms with Crippen LogP contribution in [0.5, 0.6) is 0 Å². The Bertz CT molecular complexity index is 362. The number of ether oxygens (including phenoxy) is 2. The lowest BCUT2D eigenvalue weighted by Gasteiger charge is -2.47. The second-order valence-electron chi connectivity index (χ2n) is 7.64. The largest absolute Gasteiger partial charge is 0.468 e. The quantitative estimate of drug-likeness (QED) is 0.754. The topological polar surface area (TPSA) is 50.8 Å². The van der Waals surface area contributed by atoms with E-state index in [1.54, 1.807) is 0 Å². The lowest BCUT2D eigenvalue weighted by Crippen LogP contribution is -2.57. The van der Waals surface area contributed by atoms with Crippen molar-refractivity contribution in [3.63, 3.8) is 0 Å². The smallest absolute Gasteiger partial charge is 0.322 e. The standard InChI is InChI=1S/C16H30N2O3/c1-15(2)10-18(11-16(3,4)21-15)9-8-13(14(19)20-5)17-12-6-7-12/h12-13,17H,6-11H2,1-5H3. The summed E-state index contributed by atoms with van der Waals surface area (Å²) in [5.74, 6) is -0.145. The zero-order chi connectivity index (χ0) is 15.7. The first-order valence-electron chi connectivity index (χ1n) is 7.97. The Morgan fingerprint density at radius 3 is 2.33 bits per heavy atom. The summed E-state index contributed by atoms with van der Waals surface area (Å²) in [5.41, 5.74) is -0.293. The zero-order valence-electron chi connectivity index (χ0n) is 14.1.